The first-order chi connectivity index (χ1) is 19.5. The Labute approximate surface area is 249 Å². The highest BCUT2D eigenvalue weighted by molar-refractivity contribution is 7.56. The molecule has 1 unspecified atom stereocenters. The minimum absolute atomic E-state index is 0.0522. The second kappa shape index (κ2) is 13.2. The number of rotatable bonds is 10. The van der Waals surface area contributed by atoms with Gasteiger partial charge in [0.1, 0.15) is 11.5 Å². The van der Waals surface area contributed by atoms with Crippen molar-refractivity contribution in [3.8, 4) is 22.6 Å². The Balaban J connectivity index is 1.77. The van der Waals surface area contributed by atoms with Crippen molar-refractivity contribution in [2.24, 2.45) is 0 Å². The van der Waals surface area contributed by atoms with Gasteiger partial charge in [-0.3, -0.25) is 4.90 Å². The van der Waals surface area contributed by atoms with E-state index in [1.807, 2.05) is 12.1 Å². The molecular formula is C37H46NO2P. The fraction of sp³-hybridized carbons (Fsp3) is 0.351. The Morgan fingerprint density at radius 3 is 1.83 bits per heavy atom. The van der Waals surface area contributed by atoms with Crippen molar-refractivity contribution >= 4 is 13.7 Å². The topological polar surface area (TPSA) is 21.7 Å². The molecule has 0 aliphatic rings. The zero-order valence-corrected chi connectivity index (χ0v) is 27.0. The number of hydrogen-bond donors (Lipinski definition) is 0. The van der Waals surface area contributed by atoms with Crippen LogP contribution in [0.2, 0.25) is 0 Å². The summed E-state index contributed by atoms with van der Waals surface area (Å²) >= 11 is 0. The number of hydrogen-bond acceptors (Lipinski definition) is 3. The van der Waals surface area contributed by atoms with Gasteiger partial charge in [-0.2, -0.15) is 0 Å². The number of benzene rings is 4. The lowest BCUT2D eigenvalue weighted by Gasteiger charge is -2.29. The van der Waals surface area contributed by atoms with Crippen molar-refractivity contribution in [3.63, 3.8) is 0 Å². The lowest BCUT2D eigenvalue weighted by atomic mass is 9.80. The van der Waals surface area contributed by atoms with Gasteiger partial charge in [-0.15, -0.1) is 0 Å². The first kappa shape index (κ1) is 30.8. The molecule has 0 saturated heterocycles. The summed E-state index contributed by atoms with van der Waals surface area (Å²) < 4.78 is 13.8. The highest BCUT2D eigenvalue weighted by Gasteiger charge is 2.27. The zero-order chi connectivity index (χ0) is 29.6. The monoisotopic (exact) mass is 567 g/mol. The third kappa shape index (κ3) is 7.79. The molecule has 0 saturated carbocycles. The van der Waals surface area contributed by atoms with Crippen LogP contribution in [0.5, 0.6) is 11.5 Å². The second-order valence-corrected chi connectivity index (χ2v) is 14.0. The molecule has 0 fully saturated rings. The fourth-order valence-corrected chi connectivity index (χ4v) is 6.23. The zero-order valence-electron chi connectivity index (χ0n) is 26.1. The van der Waals surface area contributed by atoms with Gasteiger partial charge in [-0.1, -0.05) is 128 Å². The van der Waals surface area contributed by atoms with Crippen molar-refractivity contribution < 1.29 is 9.05 Å². The molecule has 0 aliphatic heterocycles. The molecule has 4 heteroatoms. The van der Waals surface area contributed by atoms with Gasteiger partial charge in [-0.05, 0) is 64.9 Å². The first-order valence-corrected chi connectivity index (χ1v) is 15.9. The van der Waals surface area contributed by atoms with Crippen molar-refractivity contribution in [2.75, 3.05) is 13.1 Å². The van der Waals surface area contributed by atoms with Gasteiger partial charge in [0.25, 0.3) is 0 Å². The van der Waals surface area contributed by atoms with E-state index in [1.54, 1.807) is 0 Å². The van der Waals surface area contributed by atoms with Crippen LogP contribution in [0.3, 0.4) is 0 Å². The average molecular weight is 568 g/mol. The molecule has 0 aromatic heterocycles. The normalized spacial score (nSPS) is 12.8. The fourth-order valence-electron chi connectivity index (χ4n) is 4.89. The van der Waals surface area contributed by atoms with Crippen LogP contribution in [-0.4, -0.2) is 18.0 Å². The van der Waals surface area contributed by atoms with Gasteiger partial charge in [0.15, 0.2) is 0 Å². The van der Waals surface area contributed by atoms with E-state index in [-0.39, 0.29) is 10.8 Å². The number of nitrogens with zero attached hydrogens (tertiary/aromatic N) is 1. The SMILES string of the molecule is CCN(CC)Cc1ccccc1-c1ccccc1OP(Oc1ccc(C(C)(C)C)cc1C(C)(C)C)c1ccccc1. The summed E-state index contributed by atoms with van der Waals surface area (Å²) in [4.78, 5) is 2.44. The van der Waals surface area contributed by atoms with Crippen LogP contribution in [-0.2, 0) is 17.4 Å². The maximum absolute atomic E-state index is 6.90. The van der Waals surface area contributed by atoms with E-state index in [0.29, 0.717) is 0 Å². The summed E-state index contributed by atoms with van der Waals surface area (Å²) in [5.41, 5.74) is 6.03. The Bertz CT molecular complexity index is 1420. The predicted octanol–water partition coefficient (Wildman–Crippen LogP) is 9.89. The van der Waals surface area contributed by atoms with E-state index < -0.39 is 8.38 Å². The summed E-state index contributed by atoms with van der Waals surface area (Å²) in [6.07, 6.45) is 0. The minimum Gasteiger partial charge on any atom is -0.435 e. The van der Waals surface area contributed by atoms with Crippen LogP contribution in [0.25, 0.3) is 11.1 Å². The molecule has 3 nitrogen and oxygen atoms in total. The van der Waals surface area contributed by atoms with Crippen LogP contribution in [0, 0.1) is 0 Å². The third-order valence-electron chi connectivity index (χ3n) is 7.47. The summed E-state index contributed by atoms with van der Waals surface area (Å²) in [5, 5.41) is 1.04. The van der Waals surface area contributed by atoms with Crippen LogP contribution < -0.4 is 14.4 Å². The molecule has 0 aliphatic carbocycles. The molecule has 1 atom stereocenters. The van der Waals surface area contributed by atoms with Gasteiger partial charge in [0, 0.05) is 17.7 Å². The van der Waals surface area contributed by atoms with Gasteiger partial charge in [0.2, 0.25) is 0 Å². The Morgan fingerprint density at radius 1 is 0.610 bits per heavy atom. The van der Waals surface area contributed by atoms with Crippen molar-refractivity contribution in [3.05, 3.63) is 114 Å². The van der Waals surface area contributed by atoms with E-state index in [2.05, 4.69) is 145 Å². The molecule has 0 heterocycles. The van der Waals surface area contributed by atoms with Crippen LogP contribution in [0.1, 0.15) is 72.1 Å². The Hall–Kier alpha value is -3.13. The highest BCUT2D eigenvalue weighted by Crippen LogP contribution is 2.46. The van der Waals surface area contributed by atoms with E-state index in [0.717, 1.165) is 42.0 Å². The van der Waals surface area contributed by atoms with E-state index >= 15 is 0 Å². The van der Waals surface area contributed by atoms with Gasteiger partial charge in [0.05, 0.1) is 5.30 Å². The summed E-state index contributed by atoms with van der Waals surface area (Å²) in [7, 11) is -1.46. The minimum atomic E-state index is -1.46. The summed E-state index contributed by atoms with van der Waals surface area (Å²) in [5.74, 6) is 1.71. The number of para-hydroxylation sites is 1. The second-order valence-electron chi connectivity index (χ2n) is 12.6. The van der Waals surface area contributed by atoms with Gasteiger partial charge in [-0.25, -0.2) is 0 Å². The molecule has 0 spiro atoms. The van der Waals surface area contributed by atoms with Crippen LogP contribution in [0.4, 0.5) is 0 Å². The van der Waals surface area contributed by atoms with Gasteiger partial charge >= 0.3 is 8.38 Å². The summed E-state index contributed by atoms with van der Waals surface area (Å²) in [6.45, 7) is 20.9. The Kier molecular flexibility index (Phi) is 9.95. The van der Waals surface area contributed by atoms with Crippen molar-refractivity contribution in [1.82, 2.24) is 4.90 Å². The molecule has 4 aromatic rings. The van der Waals surface area contributed by atoms with Crippen molar-refractivity contribution in [2.45, 2.75) is 72.8 Å². The predicted molar refractivity (Wildman–Crippen MR) is 177 cm³/mol. The van der Waals surface area contributed by atoms with Crippen LogP contribution >= 0.6 is 8.38 Å². The standard InChI is InChI=1S/C37H46NO2P/c1-9-38(10-2)27-28-18-14-15-21-31(28)32-22-16-17-23-34(32)39-41(30-19-12-11-13-20-30)40-35-25-24-29(36(3,4)5)26-33(35)37(6,7)8/h11-26H,9-10,27H2,1-8H3. The molecule has 0 radical (unpaired) electrons. The molecular weight excluding hydrogens is 521 g/mol. The molecule has 216 valence electrons. The molecule has 0 bridgehead atoms. The van der Waals surface area contributed by atoms with Crippen molar-refractivity contribution in [1.29, 1.82) is 0 Å². The largest absolute Gasteiger partial charge is 0.435 e. The average Bonchev–Trinajstić information content (AvgIpc) is 2.95. The van der Waals surface area contributed by atoms with Gasteiger partial charge < -0.3 is 9.05 Å². The molecule has 41 heavy (non-hydrogen) atoms. The lowest BCUT2D eigenvalue weighted by Crippen LogP contribution is -2.22. The van der Waals surface area contributed by atoms with E-state index in [4.69, 9.17) is 9.05 Å². The lowest BCUT2D eigenvalue weighted by molar-refractivity contribution is 0.296. The van der Waals surface area contributed by atoms with E-state index in [9.17, 15) is 0 Å². The quantitative estimate of drug-likeness (QED) is 0.178. The molecule has 0 N–H and O–H groups in total. The Morgan fingerprint density at radius 2 is 1.20 bits per heavy atom. The first-order valence-electron chi connectivity index (χ1n) is 14.8. The molecule has 0 amide bonds. The molecule has 4 rings (SSSR count). The third-order valence-corrected chi connectivity index (χ3v) is 8.91. The van der Waals surface area contributed by atoms with Crippen LogP contribution in [0.15, 0.2) is 97.1 Å². The maximum Gasteiger partial charge on any atom is 0.326 e. The maximum atomic E-state index is 6.90. The highest BCUT2D eigenvalue weighted by atomic mass is 31.2. The molecule has 4 aromatic carbocycles. The van der Waals surface area contributed by atoms with E-state index in [1.165, 1.54) is 22.3 Å². The smallest absolute Gasteiger partial charge is 0.326 e. The summed E-state index contributed by atoms with van der Waals surface area (Å²) in [6, 6.07) is 34.0.